The minimum Gasteiger partial charge on any atom is -0.494 e. The monoisotopic (exact) mass is 399 g/mol. The summed E-state index contributed by atoms with van der Waals surface area (Å²) in [5.41, 5.74) is 6.51. The average Bonchev–Trinajstić information content (AvgIpc) is 3.10. The molecule has 1 aromatic heterocycles. The lowest BCUT2D eigenvalue weighted by atomic mass is 10.00. The number of aromatic hydroxyl groups is 1. The molecule has 0 radical (unpaired) electrons. The summed E-state index contributed by atoms with van der Waals surface area (Å²) in [5.74, 6) is 0.134. The number of aromatic amines is 1. The molecule has 4 nitrogen and oxygen atoms in total. The van der Waals surface area contributed by atoms with E-state index in [9.17, 15) is 5.11 Å². The van der Waals surface area contributed by atoms with Crippen LogP contribution in [0.1, 0.15) is 36.1 Å². The standard InChI is InChI=1S/C24H23N3O.C2H6/c1-16-8-13-20-21(14-16)27-24(28)22(20)23(18-6-4-3-5-7-18)26-19-11-9-17(10-12-19)15-25-2;1-2/h3-14,25,27-28H,15H2,1-2H3;1-2H3. The maximum atomic E-state index is 10.7. The maximum absolute atomic E-state index is 10.7. The van der Waals surface area contributed by atoms with E-state index in [1.807, 2.05) is 88.5 Å². The Morgan fingerprint density at radius 2 is 1.67 bits per heavy atom. The summed E-state index contributed by atoms with van der Waals surface area (Å²) in [5, 5.41) is 14.8. The van der Waals surface area contributed by atoms with Gasteiger partial charge in [-0.25, -0.2) is 4.99 Å². The van der Waals surface area contributed by atoms with Crippen LogP contribution in [-0.4, -0.2) is 22.8 Å². The molecule has 0 saturated heterocycles. The lowest BCUT2D eigenvalue weighted by molar-refractivity contribution is 0.457. The van der Waals surface area contributed by atoms with Gasteiger partial charge in [0.05, 0.1) is 17.0 Å². The first-order valence-electron chi connectivity index (χ1n) is 10.3. The van der Waals surface area contributed by atoms with Crippen LogP contribution in [0.2, 0.25) is 0 Å². The maximum Gasteiger partial charge on any atom is 0.199 e. The third-order valence-corrected chi connectivity index (χ3v) is 4.78. The van der Waals surface area contributed by atoms with E-state index >= 15 is 0 Å². The van der Waals surface area contributed by atoms with Crippen molar-refractivity contribution in [2.24, 2.45) is 4.99 Å². The summed E-state index contributed by atoms with van der Waals surface area (Å²) in [4.78, 5) is 8.02. The molecular formula is C26H29N3O. The van der Waals surface area contributed by atoms with Crippen molar-refractivity contribution < 1.29 is 5.11 Å². The molecule has 0 aliphatic heterocycles. The van der Waals surface area contributed by atoms with Gasteiger partial charge >= 0.3 is 0 Å². The SMILES string of the molecule is CC.CNCc1ccc(N=C(c2ccccc2)c2c(O)[nH]c3cc(C)ccc23)cc1. The third-order valence-electron chi connectivity index (χ3n) is 4.78. The third kappa shape index (κ3) is 4.61. The lowest BCUT2D eigenvalue weighted by Crippen LogP contribution is -2.04. The average molecular weight is 400 g/mol. The fourth-order valence-corrected chi connectivity index (χ4v) is 3.42. The zero-order valence-electron chi connectivity index (χ0n) is 18.0. The molecule has 4 rings (SSSR count). The van der Waals surface area contributed by atoms with E-state index in [2.05, 4.69) is 22.4 Å². The lowest BCUT2D eigenvalue weighted by Gasteiger charge is -2.08. The van der Waals surface area contributed by atoms with E-state index in [1.54, 1.807) is 0 Å². The van der Waals surface area contributed by atoms with Crippen LogP contribution >= 0.6 is 0 Å². The normalized spacial score (nSPS) is 11.3. The highest BCUT2D eigenvalue weighted by molar-refractivity contribution is 6.21. The van der Waals surface area contributed by atoms with Crippen molar-refractivity contribution in [2.45, 2.75) is 27.3 Å². The zero-order valence-corrected chi connectivity index (χ0v) is 18.0. The predicted octanol–water partition coefficient (Wildman–Crippen LogP) is 6.10. The Kier molecular flexibility index (Phi) is 7.04. The number of hydrogen-bond donors (Lipinski definition) is 3. The van der Waals surface area contributed by atoms with E-state index in [0.29, 0.717) is 0 Å². The second-order valence-electron chi connectivity index (χ2n) is 6.92. The van der Waals surface area contributed by atoms with E-state index < -0.39 is 0 Å². The molecule has 0 atom stereocenters. The van der Waals surface area contributed by atoms with Gasteiger partial charge in [-0.05, 0) is 43.3 Å². The number of nitrogens with zero attached hydrogens (tertiary/aromatic N) is 1. The number of aryl methyl sites for hydroxylation is 1. The topological polar surface area (TPSA) is 60.4 Å². The van der Waals surface area contributed by atoms with Crippen molar-refractivity contribution >= 4 is 22.3 Å². The van der Waals surface area contributed by atoms with E-state index in [-0.39, 0.29) is 5.88 Å². The molecule has 30 heavy (non-hydrogen) atoms. The summed E-state index contributed by atoms with van der Waals surface area (Å²) in [6.07, 6.45) is 0. The highest BCUT2D eigenvalue weighted by Gasteiger charge is 2.18. The van der Waals surface area contributed by atoms with Crippen LogP contribution in [0.5, 0.6) is 5.88 Å². The second kappa shape index (κ2) is 9.90. The minimum atomic E-state index is 0.134. The van der Waals surface area contributed by atoms with Crippen LogP contribution in [0.3, 0.4) is 0 Å². The number of hydrogen-bond acceptors (Lipinski definition) is 3. The van der Waals surface area contributed by atoms with Crippen molar-refractivity contribution in [3.63, 3.8) is 0 Å². The van der Waals surface area contributed by atoms with Gasteiger partial charge < -0.3 is 15.4 Å². The highest BCUT2D eigenvalue weighted by Crippen LogP contribution is 2.32. The van der Waals surface area contributed by atoms with Gasteiger partial charge in [0.1, 0.15) is 0 Å². The van der Waals surface area contributed by atoms with Gasteiger partial charge in [-0.15, -0.1) is 0 Å². The summed E-state index contributed by atoms with van der Waals surface area (Å²) >= 11 is 0. The summed E-state index contributed by atoms with van der Waals surface area (Å²) in [6, 6.07) is 24.2. The summed E-state index contributed by atoms with van der Waals surface area (Å²) in [6.45, 7) is 6.86. The first kappa shape index (κ1) is 21.3. The molecular weight excluding hydrogens is 370 g/mol. The molecule has 154 valence electrons. The smallest absolute Gasteiger partial charge is 0.199 e. The molecule has 0 unspecified atom stereocenters. The zero-order chi connectivity index (χ0) is 21.5. The molecule has 1 heterocycles. The molecule has 3 N–H and O–H groups in total. The Morgan fingerprint density at radius 1 is 0.967 bits per heavy atom. The Balaban J connectivity index is 0.00000124. The quantitative estimate of drug-likeness (QED) is 0.355. The van der Waals surface area contributed by atoms with Gasteiger partial charge in [0.15, 0.2) is 5.88 Å². The number of nitrogens with one attached hydrogen (secondary N) is 2. The number of aliphatic imine (C=N–C) groups is 1. The number of rotatable bonds is 5. The predicted molar refractivity (Wildman–Crippen MR) is 127 cm³/mol. The van der Waals surface area contributed by atoms with Gasteiger partial charge in [0.2, 0.25) is 0 Å². The molecule has 0 aliphatic carbocycles. The Morgan fingerprint density at radius 3 is 2.33 bits per heavy atom. The minimum absolute atomic E-state index is 0.134. The van der Waals surface area contributed by atoms with E-state index in [0.717, 1.165) is 45.5 Å². The number of fused-ring (bicyclic) bond motifs is 1. The summed E-state index contributed by atoms with van der Waals surface area (Å²) in [7, 11) is 1.93. The van der Waals surface area contributed by atoms with Crippen LogP contribution in [0, 0.1) is 6.92 Å². The fraction of sp³-hybridized carbons (Fsp3) is 0.192. The molecule has 4 aromatic rings. The number of H-pyrrole nitrogens is 1. The van der Waals surface area contributed by atoms with E-state index in [1.165, 1.54) is 5.56 Å². The van der Waals surface area contributed by atoms with Crippen LogP contribution in [0.4, 0.5) is 5.69 Å². The van der Waals surface area contributed by atoms with Crippen molar-refractivity contribution in [3.05, 3.63) is 95.1 Å². The van der Waals surface area contributed by atoms with Gasteiger partial charge in [-0.3, -0.25) is 0 Å². The Bertz CT molecular complexity index is 1130. The summed E-state index contributed by atoms with van der Waals surface area (Å²) < 4.78 is 0. The van der Waals surface area contributed by atoms with Crippen molar-refractivity contribution in [2.75, 3.05) is 7.05 Å². The molecule has 3 aromatic carbocycles. The number of aromatic nitrogens is 1. The van der Waals surface area contributed by atoms with Crippen LogP contribution in [0.15, 0.2) is 77.8 Å². The first-order chi connectivity index (χ1) is 14.7. The second-order valence-corrected chi connectivity index (χ2v) is 6.92. The van der Waals surface area contributed by atoms with Gasteiger partial charge in [0, 0.05) is 23.0 Å². The fourth-order valence-electron chi connectivity index (χ4n) is 3.42. The van der Waals surface area contributed by atoms with Gasteiger partial charge in [0.25, 0.3) is 0 Å². The van der Waals surface area contributed by atoms with Crippen molar-refractivity contribution in [1.29, 1.82) is 0 Å². The molecule has 0 bridgehead atoms. The van der Waals surface area contributed by atoms with Gasteiger partial charge in [-0.1, -0.05) is 68.4 Å². The Labute approximate surface area is 178 Å². The van der Waals surface area contributed by atoms with Crippen LogP contribution < -0.4 is 5.32 Å². The van der Waals surface area contributed by atoms with Crippen LogP contribution in [0.25, 0.3) is 10.9 Å². The van der Waals surface area contributed by atoms with Crippen molar-refractivity contribution in [3.8, 4) is 5.88 Å². The Hall–Kier alpha value is -3.37. The largest absolute Gasteiger partial charge is 0.494 e. The van der Waals surface area contributed by atoms with Crippen LogP contribution in [-0.2, 0) is 6.54 Å². The first-order valence-corrected chi connectivity index (χ1v) is 10.3. The molecule has 0 fully saturated rings. The highest BCUT2D eigenvalue weighted by atomic mass is 16.3. The molecule has 0 saturated carbocycles. The number of benzene rings is 3. The van der Waals surface area contributed by atoms with E-state index in [4.69, 9.17) is 4.99 Å². The van der Waals surface area contributed by atoms with Crippen molar-refractivity contribution in [1.82, 2.24) is 10.3 Å². The molecule has 4 heteroatoms. The molecule has 0 aliphatic rings. The molecule has 0 amide bonds. The van der Waals surface area contributed by atoms with Gasteiger partial charge in [-0.2, -0.15) is 0 Å². The molecule has 0 spiro atoms.